The average molecular weight is 220 g/mol. The number of hydrogen-bond acceptors (Lipinski definition) is 4. The summed E-state index contributed by atoms with van der Waals surface area (Å²) in [6.07, 6.45) is 0. The lowest BCUT2D eigenvalue weighted by atomic mass is 10.2. The van der Waals surface area contributed by atoms with E-state index in [1.807, 2.05) is 0 Å². The number of benzene rings is 1. The van der Waals surface area contributed by atoms with Crippen molar-refractivity contribution in [1.82, 2.24) is 0 Å². The molecule has 1 rings (SSSR count). The fourth-order valence-electron chi connectivity index (χ4n) is 0.913. The van der Waals surface area contributed by atoms with E-state index in [0.29, 0.717) is 15.4 Å². The van der Waals surface area contributed by atoms with Crippen molar-refractivity contribution in [2.24, 2.45) is 0 Å². The van der Waals surface area contributed by atoms with Crippen LogP contribution in [0.2, 0.25) is 0 Å². The summed E-state index contributed by atoms with van der Waals surface area (Å²) in [5.41, 5.74) is 0.683. The van der Waals surface area contributed by atoms with E-state index in [9.17, 15) is 4.21 Å². The quantitative estimate of drug-likeness (QED) is 0.353. The topological polar surface area (TPSA) is 66.8 Å². The maximum Gasteiger partial charge on any atom is 0.186 e. The molecule has 1 unspecified atom stereocenters. The van der Waals surface area contributed by atoms with Gasteiger partial charge in [-0.2, -0.15) is 4.33 Å². The van der Waals surface area contributed by atoms with Crippen LogP contribution in [0.4, 0.5) is 0 Å². The van der Waals surface area contributed by atoms with Crippen molar-refractivity contribution in [2.75, 3.05) is 0 Å². The highest BCUT2D eigenvalue weighted by atomic mass is 32.2. The highest BCUT2D eigenvalue weighted by Crippen LogP contribution is 2.22. The van der Waals surface area contributed by atoms with Gasteiger partial charge in [0.1, 0.15) is 0 Å². The SMILES string of the molecule is Cc1cc(SOO)ccc1S(=O)O. The molecule has 0 amide bonds. The molecule has 0 aliphatic carbocycles. The Hall–Kier alpha value is -0.400. The normalized spacial score (nSPS) is 12.8. The molecule has 1 atom stereocenters. The van der Waals surface area contributed by atoms with Gasteiger partial charge in [0.05, 0.1) is 16.9 Å². The summed E-state index contributed by atoms with van der Waals surface area (Å²) in [4.78, 5) is 1.04. The molecule has 0 aromatic heterocycles. The van der Waals surface area contributed by atoms with Gasteiger partial charge < -0.3 is 4.55 Å². The Kier molecular flexibility index (Phi) is 3.89. The first-order valence-electron chi connectivity index (χ1n) is 3.34. The summed E-state index contributed by atoms with van der Waals surface area (Å²) in [6.45, 7) is 1.71. The van der Waals surface area contributed by atoms with Crippen LogP contribution in [-0.4, -0.2) is 14.0 Å². The van der Waals surface area contributed by atoms with Gasteiger partial charge in [0.2, 0.25) is 0 Å². The first-order valence-corrected chi connectivity index (χ1v) is 5.19. The first-order chi connectivity index (χ1) is 6.15. The van der Waals surface area contributed by atoms with Gasteiger partial charge >= 0.3 is 0 Å². The summed E-state index contributed by atoms with van der Waals surface area (Å²) in [5, 5.41) is 8.14. The molecule has 0 fully saturated rings. The van der Waals surface area contributed by atoms with E-state index in [4.69, 9.17) is 9.81 Å². The fourth-order valence-corrected chi connectivity index (χ4v) is 1.87. The Morgan fingerprint density at radius 1 is 1.54 bits per heavy atom. The van der Waals surface area contributed by atoms with Crippen LogP contribution in [0, 0.1) is 6.92 Å². The molecule has 0 aliphatic rings. The summed E-state index contributed by atoms with van der Waals surface area (Å²) in [7, 11) is 0. The van der Waals surface area contributed by atoms with E-state index in [1.165, 1.54) is 6.07 Å². The predicted octanol–water partition coefficient (Wildman–Crippen LogP) is 2.07. The Bertz CT molecular complexity index is 326. The molecular weight excluding hydrogens is 212 g/mol. The highest BCUT2D eigenvalue weighted by Gasteiger charge is 2.05. The van der Waals surface area contributed by atoms with Gasteiger partial charge in [0.25, 0.3) is 0 Å². The van der Waals surface area contributed by atoms with Crippen LogP contribution in [0.3, 0.4) is 0 Å². The number of rotatable bonds is 3. The Morgan fingerprint density at radius 2 is 2.23 bits per heavy atom. The van der Waals surface area contributed by atoms with Crippen molar-refractivity contribution < 1.29 is 18.4 Å². The van der Waals surface area contributed by atoms with E-state index in [1.54, 1.807) is 19.1 Å². The second-order valence-electron chi connectivity index (χ2n) is 2.33. The summed E-state index contributed by atoms with van der Waals surface area (Å²) in [5.74, 6) is 0. The maximum absolute atomic E-state index is 10.7. The van der Waals surface area contributed by atoms with E-state index >= 15 is 0 Å². The zero-order valence-electron chi connectivity index (χ0n) is 6.76. The smallest absolute Gasteiger partial charge is 0.186 e. The highest BCUT2D eigenvalue weighted by molar-refractivity contribution is 7.94. The Balaban J connectivity index is 2.98. The zero-order valence-corrected chi connectivity index (χ0v) is 8.39. The Morgan fingerprint density at radius 3 is 2.69 bits per heavy atom. The number of aryl methyl sites for hydroxylation is 1. The van der Waals surface area contributed by atoms with Crippen LogP contribution >= 0.6 is 12.0 Å². The molecule has 0 saturated carbocycles. The molecule has 6 heteroatoms. The second kappa shape index (κ2) is 4.73. The molecule has 0 spiro atoms. The summed E-state index contributed by atoms with van der Waals surface area (Å²) >= 11 is -1.18. The molecule has 4 nitrogen and oxygen atoms in total. The zero-order chi connectivity index (χ0) is 9.84. The van der Waals surface area contributed by atoms with E-state index < -0.39 is 11.1 Å². The molecule has 0 bridgehead atoms. The molecule has 2 N–H and O–H groups in total. The monoisotopic (exact) mass is 220 g/mol. The lowest BCUT2D eigenvalue weighted by molar-refractivity contribution is -0.116. The van der Waals surface area contributed by atoms with Gasteiger partial charge in [-0.1, -0.05) is 0 Å². The van der Waals surface area contributed by atoms with Crippen molar-refractivity contribution in [1.29, 1.82) is 0 Å². The number of hydrogen-bond donors (Lipinski definition) is 2. The summed E-state index contributed by atoms with van der Waals surface area (Å²) < 4.78 is 23.4. The Labute approximate surface area is 82.3 Å². The minimum atomic E-state index is -1.97. The van der Waals surface area contributed by atoms with Crippen LogP contribution < -0.4 is 0 Å². The van der Waals surface area contributed by atoms with E-state index in [0.717, 1.165) is 12.0 Å². The predicted molar refractivity (Wildman–Crippen MR) is 49.8 cm³/mol. The van der Waals surface area contributed by atoms with Crippen molar-refractivity contribution in [3.63, 3.8) is 0 Å². The van der Waals surface area contributed by atoms with Gasteiger partial charge in [-0.15, -0.1) is 0 Å². The van der Waals surface area contributed by atoms with Gasteiger partial charge in [-0.05, 0) is 30.7 Å². The van der Waals surface area contributed by atoms with Crippen LogP contribution in [0.5, 0.6) is 0 Å². The van der Waals surface area contributed by atoms with Crippen molar-refractivity contribution >= 4 is 23.1 Å². The lowest BCUT2D eigenvalue weighted by Gasteiger charge is -2.02. The first kappa shape index (κ1) is 10.7. The van der Waals surface area contributed by atoms with E-state index in [2.05, 4.69) is 4.33 Å². The molecule has 0 radical (unpaired) electrons. The molecule has 0 aliphatic heterocycles. The molecular formula is C7H8O4S2. The van der Waals surface area contributed by atoms with Crippen LogP contribution in [0.1, 0.15) is 5.56 Å². The van der Waals surface area contributed by atoms with E-state index in [-0.39, 0.29) is 0 Å². The van der Waals surface area contributed by atoms with Crippen LogP contribution in [0.15, 0.2) is 28.0 Å². The second-order valence-corrected chi connectivity index (χ2v) is 4.06. The maximum atomic E-state index is 10.7. The molecule has 1 aromatic carbocycles. The average Bonchev–Trinajstić information content (AvgIpc) is 2.04. The molecule has 72 valence electrons. The largest absolute Gasteiger partial charge is 0.302 e. The van der Waals surface area contributed by atoms with Crippen molar-refractivity contribution in [3.8, 4) is 0 Å². The van der Waals surface area contributed by atoms with Gasteiger partial charge in [0.15, 0.2) is 11.1 Å². The standard InChI is InChI=1S/C7H8O4S2/c1-5-4-6(12-11-8)2-3-7(5)13(9)10/h2-4,8H,1H3,(H,9,10). The molecule has 1 aromatic rings. The van der Waals surface area contributed by atoms with Gasteiger partial charge in [0, 0.05) is 4.90 Å². The van der Waals surface area contributed by atoms with Gasteiger partial charge in [-0.3, -0.25) is 0 Å². The third kappa shape index (κ3) is 2.78. The minimum absolute atomic E-state index is 0.363. The van der Waals surface area contributed by atoms with Crippen molar-refractivity contribution in [3.05, 3.63) is 23.8 Å². The molecule has 0 saturated heterocycles. The third-order valence-corrected chi connectivity index (χ3v) is 2.82. The van der Waals surface area contributed by atoms with Crippen LogP contribution in [0.25, 0.3) is 0 Å². The van der Waals surface area contributed by atoms with Gasteiger partial charge in [-0.25, -0.2) is 9.47 Å². The fraction of sp³-hybridized carbons (Fsp3) is 0.143. The molecule has 13 heavy (non-hydrogen) atoms. The van der Waals surface area contributed by atoms with Crippen LogP contribution in [-0.2, 0) is 15.4 Å². The van der Waals surface area contributed by atoms with Crippen molar-refractivity contribution in [2.45, 2.75) is 16.7 Å². The lowest BCUT2D eigenvalue weighted by Crippen LogP contribution is -1.92. The summed E-state index contributed by atoms with van der Waals surface area (Å²) in [6, 6.07) is 4.77. The minimum Gasteiger partial charge on any atom is -0.302 e. The third-order valence-electron chi connectivity index (χ3n) is 1.47. The molecule has 0 heterocycles.